The van der Waals surface area contributed by atoms with E-state index in [1.54, 1.807) is 7.11 Å². The Balaban J connectivity index is 1.73. The fourth-order valence-electron chi connectivity index (χ4n) is 5.52. The van der Waals surface area contributed by atoms with Crippen LogP contribution in [-0.4, -0.2) is 31.0 Å². The molecule has 0 atom stereocenters. The van der Waals surface area contributed by atoms with Gasteiger partial charge in [0.15, 0.2) is 5.71 Å². The van der Waals surface area contributed by atoms with Crippen LogP contribution in [0.4, 0.5) is 11.4 Å². The van der Waals surface area contributed by atoms with Gasteiger partial charge in [0.2, 0.25) is 5.69 Å². The third-order valence-corrected chi connectivity index (χ3v) is 7.53. The van der Waals surface area contributed by atoms with Crippen molar-refractivity contribution in [3.63, 3.8) is 0 Å². The van der Waals surface area contributed by atoms with E-state index in [2.05, 4.69) is 113 Å². The Labute approximate surface area is 200 Å². The van der Waals surface area contributed by atoms with Crippen LogP contribution in [0.2, 0.25) is 0 Å². The van der Waals surface area contributed by atoms with Crippen molar-refractivity contribution in [3.8, 4) is 5.75 Å². The second-order valence-electron chi connectivity index (χ2n) is 10.5. The van der Waals surface area contributed by atoms with Crippen LogP contribution in [0.5, 0.6) is 5.75 Å². The number of hydrogen-bond acceptors (Lipinski definition) is 2. The quantitative estimate of drug-likeness (QED) is 0.445. The summed E-state index contributed by atoms with van der Waals surface area (Å²) in [5.74, 6) is 0.923. The second kappa shape index (κ2) is 8.52. The van der Waals surface area contributed by atoms with Crippen molar-refractivity contribution in [2.24, 2.45) is 0 Å². The van der Waals surface area contributed by atoms with E-state index in [1.165, 1.54) is 52.3 Å². The molecule has 0 fully saturated rings. The van der Waals surface area contributed by atoms with Gasteiger partial charge in [-0.2, -0.15) is 4.58 Å². The first-order chi connectivity index (χ1) is 15.6. The minimum Gasteiger partial charge on any atom is -0.497 e. The first-order valence-electron chi connectivity index (χ1n) is 12.2. The summed E-state index contributed by atoms with van der Waals surface area (Å²) in [6.07, 6.45) is 9.24. The van der Waals surface area contributed by atoms with Crippen molar-refractivity contribution in [3.05, 3.63) is 77.0 Å². The van der Waals surface area contributed by atoms with Crippen LogP contribution in [0.3, 0.4) is 0 Å². The van der Waals surface area contributed by atoms with Crippen molar-refractivity contribution >= 4 is 17.1 Å². The van der Waals surface area contributed by atoms with Gasteiger partial charge in [-0.1, -0.05) is 44.9 Å². The van der Waals surface area contributed by atoms with Crippen LogP contribution in [0.15, 0.2) is 60.3 Å². The lowest BCUT2D eigenvalue weighted by Crippen LogP contribution is -2.27. The molecule has 0 amide bonds. The normalized spacial score (nSPS) is 19.5. The highest BCUT2D eigenvalue weighted by Gasteiger charge is 2.43. The highest BCUT2D eigenvalue weighted by atomic mass is 16.5. The van der Waals surface area contributed by atoms with E-state index in [-0.39, 0.29) is 10.8 Å². The van der Waals surface area contributed by atoms with Gasteiger partial charge in [0, 0.05) is 41.1 Å². The molecule has 0 N–H and O–H groups in total. The Morgan fingerprint density at radius 1 is 1.00 bits per heavy atom. The van der Waals surface area contributed by atoms with Gasteiger partial charge in [-0.15, -0.1) is 0 Å². The number of nitrogens with zero attached hydrogens (tertiary/aromatic N) is 2. The molecule has 0 aromatic heterocycles. The van der Waals surface area contributed by atoms with Gasteiger partial charge in [0.05, 0.1) is 12.5 Å². The molecule has 0 unspecified atom stereocenters. The fraction of sp³-hybridized carbons (Fsp3) is 0.433. The van der Waals surface area contributed by atoms with Crippen molar-refractivity contribution in [1.82, 2.24) is 0 Å². The predicted molar refractivity (Wildman–Crippen MR) is 141 cm³/mol. The number of ether oxygens (including phenoxy) is 1. The summed E-state index contributed by atoms with van der Waals surface area (Å²) in [5, 5.41) is 0. The lowest BCUT2D eigenvalue weighted by molar-refractivity contribution is -0.401. The number of aryl methyl sites for hydroxylation is 1. The van der Waals surface area contributed by atoms with Gasteiger partial charge >= 0.3 is 0 Å². The number of fused-ring (bicyclic) bond motifs is 2. The largest absolute Gasteiger partial charge is 0.497 e. The van der Waals surface area contributed by atoms with Gasteiger partial charge in [-0.05, 0) is 63.1 Å². The first-order valence-corrected chi connectivity index (χ1v) is 12.2. The molecule has 174 valence electrons. The van der Waals surface area contributed by atoms with Gasteiger partial charge in [-0.3, -0.25) is 0 Å². The molecule has 3 heteroatoms. The Morgan fingerprint density at radius 3 is 2.45 bits per heavy atom. The summed E-state index contributed by atoms with van der Waals surface area (Å²) in [6, 6.07) is 13.3. The molecule has 4 rings (SSSR count). The van der Waals surface area contributed by atoms with E-state index >= 15 is 0 Å². The molecular weight excluding hydrogens is 404 g/mol. The van der Waals surface area contributed by atoms with Crippen LogP contribution in [0.1, 0.15) is 64.2 Å². The molecule has 0 spiro atoms. The maximum atomic E-state index is 5.55. The van der Waals surface area contributed by atoms with Gasteiger partial charge in [-0.25, -0.2) is 0 Å². The SMILES string of the molecule is CCCCN1/C(=C/C=C/C2=[N+](C)c3ccc(C)cc3C2(C)C)C(C)(C)c2cc(OC)ccc21. The highest BCUT2D eigenvalue weighted by molar-refractivity contribution is 6.03. The Morgan fingerprint density at radius 2 is 1.76 bits per heavy atom. The molecule has 0 saturated heterocycles. The van der Waals surface area contributed by atoms with Crippen LogP contribution in [0.25, 0.3) is 0 Å². The van der Waals surface area contributed by atoms with Crippen molar-refractivity contribution < 1.29 is 9.31 Å². The zero-order valence-corrected chi connectivity index (χ0v) is 21.6. The lowest BCUT2D eigenvalue weighted by atomic mass is 9.80. The van der Waals surface area contributed by atoms with Crippen molar-refractivity contribution in [2.45, 2.75) is 65.2 Å². The molecule has 2 aromatic carbocycles. The van der Waals surface area contributed by atoms with E-state index < -0.39 is 0 Å². The topological polar surface area (TPSA) is 15.5 Å². The highest BCUT2D eigenvalue weighted by Crippen LogP contribution is 2.49. The summed E-state index contributed by atoms with van der Waals surface area (Å²) in [4.78, 5) is 2.51. The molecule has 3 nitrogen and oxygen atoms in total. The average Bonchev–Trinajstić information content (AvgIpc) is 3.10. The molecule has 0 saturated carbocycles. The van der Waals surface area contributed by atoms with E-state index in [0.717, 1.165) is 12.3 Å². The maximum Gasteiger partial charge on any atom is 0.209 e. The molecule has 2 heterocycles. The monoisotopic (exact) mass is 443 g/mol. The number of benzene rings is 2. The molecule has 0 bridgehead atoms. The van der Waals surface area contributed by atoms with Gasteiger partial charge in [0.1, 0.15) is 12.8 Å². The summed E-state index contributed by atoms with van der Waals surface area (Å²) in [7, 11) is 3.93. The van der Waals surface area contributed by atoms with E-state index in [0.29, 0.717) is 0 Å². The molecule has 0 aliphatic carbocycles. The third kappa shape index (κ3) is 3.82. The van der Waals surface area contributed by atoms with Crippen molar-refractivity contribution in [2.75, 3.05) is 25.6 Å². The number of hydrogen-bond donors (Lipinski definition) is 0. The van der Waals surface area contributed by atoms with Gasteiger partial charge in [0.25, 0.3) is 0 Å². The Bertz CT molecular complexity index is 1160. The molecule has 2 aromatic rings. The molecular formula is C30H39N2O+. The van der Waals surface area contributed by atoms with Crippen LogP contribution in [0, 0.1) is 6.92 Å². The maximum absolute atomic E-state index is 5.55. The predicted octanol–water partition coefficient (Wildman–Crippen LogP) is 7.05. The average molecular weight is 444 g/mol. The minimum absolute atomic E-state index is 0.0193. The van der Waals surface area contributed by atoms with Crippen molar-refractivity contribution in [1.29, 1.82) is 0 Å². The number of rotatable bonds is 6. The summed E-state index contributed by atoms with van der Waals surface area (Å²) >= 11 is 0. The minimum atomic E-state index is -0.0796. The van der Waals surface area contributed by atoms with Crippen LogP contribution in [-0.2, 0) is 10.8 Å². The molecule has 33 heavy (non-hydrogen) atoms. The second-order valence-corrected chi connectivity index (χ2v) is 10.5. The van der Waals surface area contributed by atoms with Gasteiger partial charge < -0.3 is 9.64 Å². The standard InChI is InChI=1S/C30H39N2O/c1-9-10-18-32-26-17-15-22(33-8)20-24(26)30(5,6)28(32)13-11-12-27-29(3,4)23-19-21(2)14-16-25(23)31(27)7/h11-17,19-20H,9-10,18H2,1-8H3/q+1. The summed E-state index contributed by atoms with van der Waals surface area (Å²) in [5.41, 5.74) is 9.26. The third-order valence-electron chi connectivity index (χ3n) is 7.53. The Kier molecular flexibility index (Phi) is 6.03. The number of unbranched alkanes of at least 4 members (excludes halogenated alkanes) is 1. The lowest BCUT2D eigenvalue weighted by Gasteiger charge is -2.27. The van der Waals surface area contributed by atoms with E-state index in [4.69, 9.17) is 4.74 Å². The smallest absolute Gasteiger partial charge is 0.209 e. The van der Waals surface area contributed by atoms with Crippen LogP contribution >= 0.6 is 0 Å². The number of anilines is 1. The van der Waals surface area contributed by atoms with E-state index in [9.17, 15) is 0 Å². The molecule has 2 aliphatic rings. The number of allylic oxidation sites excluding steroid dienone is 4. The number of methoxy groups -OCH3 is 1. The molecule has 2 aliphatic heterocycles. The molecule has 0 radical (unpaired) electrons. The Hall–Kier alpha value is -2.81. The first kappa shape index (κ1) is 23.4. The summed E-state index contributed by atoms with van der Waals surface area (Å²) in [6.45, 7) is 14.8. The zero-order valence-electron chi connectivity index (χ0n) is 21.6. The summed E-state index contributed by atoms with van der Waals surface area (Å²) < 4.78 is 7.89. The van der Waals surface area contributed by atoms with Crippen LogP contribution < -0.4 is 9.64 Å². The fourth-order valence-corrected chi connectivity index (χ4v) is 5.52. The zero-order chi connectivity index (χ0) is 24.0. The van der Waals surface area contributed by atoms with E-state index in [1.807, 2.05) is 0 Å².